The minimum Gasteiger partial charge on any atom is -0.482 e. The molecule has 0 radical (unpaired) electrons. The molecule has 1 aliphatic rings. The van der Waals surface area contributed by atoms with Gasteiger partial charge in [0.25, 0.3) is 5.91 Å². The van der Waals surface area contributed by atoms with Crippen LogP contribution in [-0.2, 0) is 14.3 Å². The summed E-state index contributed by atoms with van der Waals surface area (Å²) < 4.78 is 10.2. The van der Waals surface area contributed by atoms with E-state index in [1.165, 1.54) is 0 Å². The summed E-state index contributed by atoms with van der Waals surface area (Å²) >= 11 is 5.91. The number of ether oxygens (including phenoxy) is 2. The zero-order valence-corrected chi connectivity index (χ0v) is 14.2. The molecule has 1 aromatic carbocycles. The van der Waals surface area contributed by atoms with Crippen LogP contribution in [0.1, 0.15) is 31.2 Å². The molecule has 24 heavy (non-hydrogen) atoms. The average Bonchev–Trinajstić information content (AvgIpc) is 3.03. The lowest BCUT2D eigenvalue weighted by Crippen LogP contribution is -2.46. The number of hydrogen-bond acceptors (Lipinski definition) is 5. The molecule has 1 aromatic rings. The second kappa shape index (κ2) is 8.02. The van der Waals surface area contributed by atoms with Crippen LogP contribution in [0, 0.1) is 18.3 Å². The summed E-state index contributed by atoms with van der Waals surface area (Å²) in [6, 6.07) is 7.17. The normalized spacial score (nSPS) is 15.4. The van der Waals surface area contributed by atoms with Crippen LogP contribution in [0.2, 0.25) is 5.02 Å². The van der Waals surface area contributed by atoms with Gasteiger partial charge in [0.15, 0.2) is 13.2 Å². The highest BCUT2D eigenvalue weighted by Crippen LogP contribution is 2.28. The third-order valence-corrected chi connectivity index (χ3v) is 4.32. The van der Waals surface area contributed by atoms with E-state index in [2.05, 4.69) is 11.4 Å². The van der Waals surface area contributed by atoms with Gasteiger partial charge in [0, 0.05) is 5.02 Å². The maximum Gasteiger partial charge on any atom is 0.344 e. The van der Waals surface area contributed by atoms with Crippen LogP contribution in [0.4, 0.5) is 0 Å². The van der Waals surface area contributed by atoms with Crippen molar-refractivity contribution in [2.45, 2.75) is 38.1 Å². The Bertz CT molecular complexity index is 663. The van der Waals surface area contributed by atoms with Crippen molar-refractivity contribution in [3.05, 3.63) is 28.8 Å². The first-order chi connectivity index (χ1) is 11.4. The second-order valence-corrected chi connectivity index (χ2v) is 6.22. The number of halogens is 1. The van der Waals surface area contributed by atoms with Crippen molar-refractivity contribution in [3.63, 3.8) is 0 Å². The van der Waals surface area contributed by atoms with Crippen molar-refractivity contribution in [2.75, 3.05) is 13.2 Å². The number of benzene rings is 1. The smallest absolute Gasteiger partial charge is 0.344 e. The third kappa shape index (κ3) is 4.87. The van der Waals surface area contributed by atoms with Gasteiger partial charge in [-0.3, -0.25) is 4.79 Å². The monoisotopic (exact) mass is 350 g/mol. The number of esters is 1. The SMILES string of the molecule is Cc1cc(OCC(=O)OCC(=O)NC2(C#N)CCCC2)ccc1Cl. The van der Waals surface area contributed by atoms with Crippen molar-refractivity contribution >= 4 is 23.5 Å². The topological polar surface area (TPSA) is 88.4 Å². The van der Waals surface area contributed by atoms with Crippen molar-refractivity contribution in [1.82, 2.24) is 5.32 Å². The van der Waals surface area contributed by atoms with Gasteiger partial charge in [-0.25, -0.2) is 4.79 Å². The summed E-state index contributed by atoms with van der Waals surface area (Å²) in [5.74, 6) is -0.642. The van der Waals surface area contributed by atoms with Crippen molar-refractivity contribution < 1.29 is 19.1 Å². The Hall–Kier alpha value is -2.26. The molecule has 7 heteroatoms. The Morgan fingerprint density at radius 1 is 1.33 bits per heavy atom. The van der Waals surface area contributed by atoms with Gasteiger partial charge in [0.2, 0.25) is 0 Å². The van der Waals surface area contributed by atoms with Crippen LogP contribution in [-0.4, -0.2) is 30.6 Å². The fourth-order valence-corrected chi connectivity index (χ4v) is 2.70. The predicted octanol–water partition coefficient (Wildman–Crippen LogP) is 2.52. The highest BCUT2D eigenvalue weighted by atomic mass is 35.5. The molecule has 0 atom stereocenters. The van der Waals surface area contributed by atoms with E-state index in [0.717, 1.165) is 18.4 Å². The number of nitrogens with zero attached hydrogens (tertiary/aromatic N) is 1. The van der Waals surface area contributed by atoms with Crippen LogP contribution >= 0.6 is 11.6 Å². The first-order valence-corrected chi connectivity index (χ1v) is 8.09. The van der Waals surface area contributed by atoms with Crippen LogP contribution in [0.3, 0.4) is 0 Å². The Morgan fingerprint density at radius 2 is 2.04 bits per heavy atom. The fourth-order valence-electron chi connectivity index (χ4n) is 2.58. The largest absolute Gasteiger partial charge is 0.482 e. The number of nitriles is 1. The zero-order valence-electron chi connectivity index (χ0n) is 13.4. The van der Waals surface area contributed by atoms with Gasteiger partial charge in [-0.15, -0.1) is 0 Å². The van der Waals surface area contributed by atoms with E-state index in [4.69, 9.17) is 21.1 Å². The zero-order chi connectivity index (χ0) is 17.6. The molecule has 1 amide bonds. The molecule has 0 saturated heterocycles. The summed E-state index contributed by atoms with van der Waals surface area (Å²) in [7, 11) is 0. The van der Waals surface area contributed by atoms with E-state index in [0.29, 0.717) is 23.6 Å². The van der Waals surface area contributed by atoms with Crippen molar-refractivity contribution in [2.24, 2.45) is 0 Å². The predicted molar refractivity (Wildman–Crippen MR) is 87.6 cm³/mol. The number of hydrogen-bond donors (Lipinski definition) is 1. The van der Waals surface area contributed by atoms with E-state index in [1.807, 2.05) is 6.92 Å². The Morgan fingerprint density at radius 3 is 2.67 bits per heavy atom. The molecule has 0 bridgehead atoms. The lowest BCUT2D eigenvalue weighted by molar-refractivity contribution is -0.150. The lowest BCUT2D eigenvalue weighted by Gasteiger charge is -2.21. The molecule has 0 spiro atoms. The molecule has 0 heterocycles. The van der Waals surface area contributed by atoms with E-state index in [1.54, 1.807) is 18.2 Å². The van der Waals surface area contributed by atoms with Crippen LogP contribution < -0.4 is 10.1 Å². The minimum absolute atomic E-state index is 0.308. The standard InChI is InChI=1S/C17H19ClN2O4/c1-12-8-13(4-5-14(12)18)23-10-16(22)24-9-15(21)20-17(11-19)6-2-3-7-17/h4-5,8H,2-3,6-7,9-10H2,1H3,(H,20,21). The average molecular weight is 351 g/mol. The summed E-state index contributed by atoms with van der Waals surface area (Å²) in [5, 5.41) is 12.5. The van der Waals surface area contributed by atoms with Gasteiger partial charge in [0.05, 0.1) is 6.07 Å². The Labute approximate surface area is 145 Å². The molecule has 1 aliphatic carbocycles. The highest BCUT2D eigenvalue weighted by molar-refractivity contribution is 6.31. The molecule has 0 aromatic heterocycles. The highest BCUT2D eigenvalue weighted by Gasteiger charge is 2.35. The molecule has 2 rings (SSSR count). The number of aryl methyl sites for hydroxylation is 1. The third-order valence-electron chi connectivity index (χ3n) is 3.90. The van der Waals surface area contributed by atoms with Crippen LogP contribution in [0.5, 0.6) is 5.75 Å². The Kier molecular flexibility index (Phi) is 6.04. The molecule has 0 unspecified atom stereocenters. The number of rotatable bonds is 6. The van der Waals surface area contributed by atoms with E-state index < -0.39 is 24.0 Å². The minimum atomic E-state index is -0.819. The lowest BCUT2D eigenvalue weighted by atomic mass is 10.00. The number of carbonyl (C=O) groups excluding carboxylic acids is 2. The summed E-state index contributed by atoms with van der Waals surface area (Å²) in [5.41, 5.74) is 0.0150. The first kappa shape index (κ1) is 18.1. The van der Waals surface area contributed by atoms with Gasteiger partial charge < -0.3 is 14.8 Å². The molecule has 6 nitrogen and oxygen atoms in total. The van der Waals surface area contributed by atoms with Gasteiger partial charge >= 0.3 is 5.97 Å². The molecular formula is C17H19ClN2O4. The Balaban J connectivity index is 1.73. The van der Waals surface area contributed by atoms with E-state index in [9.17, 15) is 14.9 Å². The summed E-state index contributed by atoms with van der Waals surface area (Å²) in [6.45, 7) is 1.09. The van der Waals surface area contributed by atoms with E-state index >= 15 is 0 Å². The van der Waals surface area contributed by atoms with Crippen LogP contribution in [0.25, 0.3) is 0 Å². The summed E-state index contributed by atoms with van der Waals surface area (Å²) in [4.78, 5) is 23.5. The van der Waals surface area contributed by atoms with Gasteiger partial charge in [0.1, 0.15) is 11.3 Å². The molecule has 1 N–H and O–H groups in total. The van der Waals surface area contributed by atoms with Gasteiger partial charge in [-0.05, 0) is 56.4 Å². The number of nitrogens with one attached hydrogen (secondary N) is 1. The van der Waals surface area contributed by atoms with Gasteiger partial charge in [-0.1, -0.05) is 11.6 Å². The quantitative estimate of drug-likeness (QED) is 0.796. The number of carbonyl (C=O) groups is 2. The van der Waals surface area contributed by atoms with E-state index in [-0.39, 0.29) is 6.61 Å². The van der Waals surface area contributed by atoms with Gasteiger partial charge in [-0.2, -0.15) is 5.26 Å². The van der Waals surface area contributed by atoms with Crippen LogP contribution in [0.15, 0.2) is 18.2 Å². The molecule has 128 valence electrons. The first-order valence-electron chi connectivity index (χ1n) is 7.71. The molecule has 1 saturated carbocycles. The maximum absolute atomic E-state index is 11.8. The van der Waals surface area contributed by atoms with Crippen molar-refractivity contribution in [1.29, 1.82) is 5.26 Å². The second-order valence-electron chi connectivity index (χ2n) is 5.81. The van der Waals surface area contributed by atoms with Crippen molar-refractivity contribution in [3.8, 4) is 11.8 Å². The summed E-state index contributed by atoms with van der Waals surface area (Å²) in [6.07, 6.45) is 3.06. The maximum atomic E-state index is 11.8. The fraction of sp³-hybridized carbons (Fsp3) is 0.471. The molecular weight excluding hydrogens is 332 g/mol. The number of amides is 1. The molecule has 0 aliphatic heterocycles. The molecule has 1 fully saturated rings.